The fourth-order valence-electron chi connectivity index (χ4n) is 6.94. The van der Waals surface area contributed by atoms with Gasteiger partial charge in [-0.05, 0) is 71.2 Å². The second-order valence-electron chi connectivity index (χ2n) is 13.4. The molecular formula is C44H46O7. The smallest absolute Gasteiger partial charge is 0.306 e. The molecule has 2 aliphatic rings. The highest BCUT2D eigenvalue weighted by Crippen LogP contribution is 2.45. The number of hydrogen-bond donors (Lipinski definition) is 2. The minimum Gasteiger partial charge on any atom is -0.455 e. The highest BCUT2D eigenvalue weighted by Gasteiger charge is 2.46. The molecule has 0 bridgehead atoms. The lowest BCUT2D eigenvalue weighted by atomic mass is 9.87. The number of esters is 2. The van der Waals surface area contributed by atoms with Gasteiger partial charge in [-0.15, -0.1) is 0 Å². The molecule has 6 rings (SSSR count). The van der Waals surface area contributed by atoms with E-state index >= 15 is 0 Å². The van der Waals surface area contributed by atoms with Gasteiger partial charge < -0.3 is 24.4 Å². The van der Waals surface area contributed by atoms with Crippen molar-refractivity contribution >= 4 is 23.1 Å². The molecule has 0 radical (unpaired) electrons. The van der Waals surface area contributed by atoms with Gasteiger partial charge in [-0.25, -0.2) is 0 Å². The second kappa shape index (κ2) is 16.9. The van der Waals surface area contributed by atoms with Crippen LogP contribution in [0.5, 0.6) is 0 Å². The molecule has 51 heavy (non-hydrogen) atoms. The van der Waals surface area contributed by atoms with Gasteiger partial charge in [0.25, 0.3) is 0 Å². The van der Waals surface area contributed by atoms with E-state index in [1.807, 2.05) is 133 Å². The van der Waals surface area contributed by atoms with E-state index in [-0.39, 0.29) is 24.8 Å². The van der Waals surface area contributed by atoms with E-state index in [1.54, 1.807) is 0 Å². The van der Waals surface area contributed by atoms with Crippen LogP contribution in [0, 0.1) is 0 Å². The maximum Gasteiger partial charge on any atom is 0.306 e. The Kier molecular flexibility index (Phi) is 11.9. The van der Waals surface area contributed by atoms with Crippen LogP contribution >= 0.6 is 0 Å². The molecule has 4 atom stereocenters. The van der Waals surface area contributed by atoms with Crippen molar-refractivity contribution in [3.05, 3.63) is 156 Å². The molecule has 0 unspecified atom stereocenters. The van der Waals surface area contributed by atoms with E-state index in [9.17, 15) is 19.8 Å². The maximum absolute atomic E-state index is 12.9. The number of carbonyl (C=O) groups is 2. The van der Waals surface area contributed by atoms with Crippen LogP contribution in [0.4, 0.5) is 0 Å². The molecule has 0 amide bonds. The molecule has 2 aliphatic carbocycles. The van der Waals surface area contributed by atoms with E-state index in [2.05, 4.69) is 0 Å². The van der Waals surface area contributed by atoms with Gasteiger partial charge in [0, 0.05) is 38.9 Å². The van der Waals surface area contributed by atoms with Crippen molar-refractivity contribution in [2.45, 2.75) is 74.8 Å². The van der Waals surface area contributed by atoms with Gasteiger partial charge in [-0.1, -0.05) is 121 Å². The predicted molar refractivity (Wildman–Crippen MR) is 197 cm³/mol. The van der Waals surface area contributed by atoms with Gasteiger partial charge in [0.05, 0.1) is 0 Å². The number of benzene rings is 4. The summed E-state index contributed by atoms with van der Waals surface area (Å²) in [6, 6.07) is 38.4. The molecule has 4 aromatic carbocycles. The first-order valence-corrected chi connectivity index (χ1v) is 17.9. The summed E-state index contributed by atoms with van der Waals surface area (Å²) in [5.74, 6) is -0.712. The lowest BCUT2D eigenvalue weighted by molar-refractivity contribution is -0.159. The topological polar surface area (TPSA) is 102 Å². The second-order valence-corrected chi connectivity index (χ2v) is 13.4. The molecule has 0 aromatic heterocycles. The average Bonchev–Trinajstić information content (AvgIpc) is 3.69. The van der Waals surface area contributed by atoms with Crippen LogP contribution in [0.3, 0.4) is 0 Å². The molecule has 0 fully saturated rings. The Bertz CT molecular complexity index is 1660. The highest BCUT2D eigenvalue weighted by atomic mass is 16.6. The Labute approximate surface area is 300 Å². The van der Waals surface area contributed by atoms with Gasteiger partial charge in [-0.2, -0.15) is 0 Å². The van der Waals surface area contributed by atoms with Crippen LogP contribution in [-0.2, 0) is 35.0 Å². The molecule has 4 aromatic rings. The zero-order chi connectivity index (χ0) is 35.5. The molecule has 0 heterocycles. The molecule has 0 saturated carbocycles. The Hall–Kier alpha value is -4.82. The first kappa shape index (κ1) is 36.0. The summed E-state index contributed by atoms with van der Waals surface area (Å²) in [4.78, 5) is 25.7. The quantitative estimate of drug-likeness (QED) is 0.0912. The first-order valence-electron chi connectivity index (χ1n) is 17.9. The number of rotatable bonds is 16. The fourth-order valence-corrected chi connectivity index (χ4v) is 6.94. The summed E-state index contributed by atoms with van der Waals surface area (Å²) < 4.78 is 17.5. The first-order chi connectivity index (χ1) is 24.8. The summed E-state index contributed by atoms with van der Waals surface area (Å²) in [7, 11) is 0. The van der Waals surface area contributed by atoms with Crippen LogP contribution in [0.2, 0.25) is 0 Å². The molecule has 0 spiro atoms. The van der Waals surface area contributed by atoms with E-state index in [1.165, 1.54) is 0 Å². The summed E-state index contributed by atoms with van der Waals surface area (Å²) in [5.41, 5.74) is 2.65. The summed E-state index contributed by atoms with van der Waals surface area (Å²) in [5, 5.41) is 23.5. The highest BCUT2D eigenvalue weighted by molar-refractivity contribution is 5.75. The summed E-state index contributed by atoms with van der Waals surface area (Å²) in [6.07, 6.45) is 5.90. The third-order valence-corrected chi connectivity index (χ3v) is 9.76. The SMILES string of the molecule is O=C(CCCCOCCCCC(=O)O[C@@H]1C=C(c2ccccc2)C[C@@]1(O)c1ccccc1)O[C@@H]1C=C(c2ccccc2)C[C@@]1(O)c1ccccc1. The molecule has 2 N–H and O–H groups in total. The molecule has 0 aliphatic heterocycles. The Morgan fingerprint density at radius 2 is 0.882 bits per heavy atom. The summed E-state index contributed by atoms with van der Waals surface area (Å²) in [6.45, 7) is 0.985. The normalized spacial score (nSPS) is 22.6. The zero-order valence-electron chi connectivity index (χ0n) is 28.9. The van der Waals surface area contributed by atoms with Gasteiger partial charge in [0.1, 0.15) is 11.2 Å². The summed E-state index contributed by atoms with van der Waals surface area (Å²) >= 11 is 0. The number of ether oxygens (including phenoxy) is 3. The zero-order valence-corrected chi connectivity index (χ0v) is 28.9. The lowest BCUT2D eigenvalue weighted by Crippen LogP contribution is -2.38. The van der Waals surface area contributed by atoms with Crippen molar-refractivity contribution in [3.63, 3.8) is 0 Å². The van der Waals surface area contributed by atoms with Gasteiger partial charge in [0.15, 0.2) is 12.2 Å². The Morgan fingerprint density at radius 1 is 0.529 bits per heavy atom. The van der Waals surface area contributed by atoms with E-state index in [4.69, 9.17) is 14.2 Å². The van der Waals surface area contributed by atoms with Gasteiger partial charge >= 0.3 is 11.9 Å². The van der Waals surface area contributed by atoms with Crippen LogP contribution in [0.25, 0.3) is 11.1 Å². The van der Waals surface area contributed by atoms with Crippen LogP contribution < -0.4 is 0 Å². The van der Waals surface area contributed by atoms with E-state index in [0.717, 1.165) is 22.3 Å². The van der Waals surface area contributed by atoms with Crippen LogP contribution in [-0.4, -0.2) is 47.6 Å². The van der Waals surface area contributed by atoms with Crippen molar-refractivity contribution in [2.24, 2.45) is 0 Å². The third-order valence-electron chi connectivity index (χ3n) is 9.76. The minimum absolute atomic E-state index is 0.224. The van der Waals surface area contributed by atoms with Crippen molar-refractivity contribution in [1.82, 2.24) is 0 Å². The molecule has 7 nitrogen and oxygen atoms in total. The number of carbonyl (C=O) groups excluding carboxylic acids is 2. The minimum atomic E-state index is -1.33. The largest absolute Gasteiger partial charge is 0.455 e. The van der Waals surface area contributed by atoms with Crippen molar-refractivity contribution in [1.29, 1.82) is 0 Å². The van der Waals surface area contributed by atoms with Crippen molar-refractivity contribution in [2.75, 3.05) is 13.2 Å². The maximum atomic E-state index is 12.9. The number of hydrogen-bond acceptors (Lipinski definition) is 7. The lowest BCUT2D eigenvalue weighted by Gasteiger charge is -2.30. The third kappa shape index (κ3) is 8.92. The van der Waals surface area contributed by atoms with Crippen molar-refractivity contribution in [3.8, 4) is 0 Å². The monoisotopic (exact) mass is 686 g/mol. The Morgan fingerprint density at radius 3 is 1.25 bits per heavy atom. The average molecular weight is 687 g/mol. The molecule has 7 heteroatoms. The van der Waals surface area contributed by atoms with Gasteiger partial charge in [-0.3, -0.25) is 9.59 Å². The molecule has 264 valence electrons. The predicted octanol–water partition coefficient (Wildman–Crippen LogP) is 7.92. The fraction of sp³-hybridized carbons (Fsp3) is 0.318. The molecular weight excluding hydrogens is 640 g/mol. The van der Waals surface area contributed by atoms with Gasteiger partial charge in [0.2, 0.25) is 0 Å². The number of unbranched alkanes of at least 4 members (excludes halogenated alkanes) is 2. The molecule has 0 saturated heterocycles. The van der Waals surface area contributed by atoms with Crippen molar-refractivity contribution < 1.29 is 34.0 Å². The van der Waals surface area contributed by atoms with Crippen LogP contribution in [0.1, 0.15) is 73.6 Å². The van der Waals surface area contributed by atoms with E-state index < -0.39 is 23.4 Å². The van der Waals surface area contributed by atoms with E-state index in [0.29, 0.717) is 62.9 Å². The Balaban J connectivity index is 0.902. The number of aliphatic hydroxyl groups is 2. The standard InChI is InChI=1S/C44H46O7/c45-41(50-39-29-35(33-17-5-1-6-18-33)31-43(39,47)37-21-9-3-10-22-37)25-13-15-27-49-28-16-14-26-42(46)51-40-30-36(34-19-7-2-8-20-34)32-44(40,48)38-23-11-4-12-24-38/h1-12,17-24,29-30,39-40,47-48H,13-16,25-28,31-32H2/t39-,40-,43-,44-/m1/s1. The van der Waals surface area contributed by atoms with Crippen LogP contribution in [0.15, 0.2) is 133 Å².